The van der Waals surface area contributed by atoms with Gasteiger partial charge in [0.05, 0.1) is 10.6 Å². The summed E-state index contributed by atoms with van der Waals surface area (Å²) in [7, 11) is -3.72. The van der Waals surface area contributed by atoms with Crippen LogP contribution in [0.15, 0.2) is 23.1 Å². The predicted molar refractivity (Wildman–Crippen MR) is 99.8 cm³/mol. The van der Waals surface area contributed by atoms with Gasteiger partial charge in [-0.3, -0.25) is 0 Å². The van der Waals surface area contributed by atoms with Crippen molar-refractivity contribution in [3.05, 3.63) is 28.8 Å². The Bertz CT molecular complexity index is 658. The van der Waals surface area contributed by atoms with Crippen molar-refractivity contribution in [2.75, 3.05) is 39.3 Å². The van der Waals surface area contributed by atoms with Crippen LogP contribution < -0.4 is 10.0 Å². The van der Waals surface area contributed by atoms with Gasteiger partial charge in [0.25, 0.3) is 0 Å². The minimum Gasteiger partial charge on any atom is -0.314 e. The zero-order valence-corrected chi connectivity index (χ0v) is 16.2. The van der Waals surface area contributed by atoms with E-state index in [1.54, 1.807) is 0 Å². The summed E-state index contributed by atoms with van der Waals surface area (Å²) in [4.78, 5) is 2.23. The van der Waals surface area contributed by atoms with Gasteiger partial charge in [0.15, 0.2) is 0 Å². The van der Waals surface area contributed by atoms with Gasteiger partial charge >= 0.3 is 0 Å². The molecular weight excluding hydrogens is 395 g/mol. The quantitative estimate of drug-likeness (QED) is 0.690. The van der Waals surface area contributed by atoms with Crippen LogP contribution in [0.25, 0.3) is 0 Å². The zero-order valence-electron chi connectivity index (χ0n) is 13.0. The summed E-state index contributed by atoms with van der Waals surface area (Å²) in [6.07, 6.45) is 0.724. The first-order valence-corrected chi connectivity index (χ1v) is 9.02. The molecule has 0 unspecified atom stereocenters. The fourth-order valence-electron chi connectivity index (χ4n) is 2.36. The normalized spacial score (nSPS) is 15.0. The number of piperazine rings is 1. The van der Waals surface area contributed by atoms with Crippen LogP contribution >= 0.6 is 36.4 Å². The van der Waals surface area contributed by atoms with E-state index in [2.05, 4.69) is 14.9 Å². The van der Waals surface area contributed by atoms with Gasteiger partial charge < -0.3 is 10.2 Å². The summed E-state index contributed by atoms with van der Waals surface area (Å²) in [5.74, 6) is 0. The maximum atomic E-state index is 12.3. The molecule has 2 N–H and O–H groups in total. The van der Waals surface area contributed by atoms with Crippen molar-refractivity contribution in [3.63, 3.8) is 0 Å². The van der Waals surface area contributed by atoms with Gasteiger partial charge in [-0.15, -0.1) is 24.8 Å². The first-order chi connectivity index (χ1) is 10.5. The van der Waals surface area contributed by atoms with E-state index >= 15 is 0 Å². The Balaban J connectivity index is 0.00000264. The lowest BCUT2D eigenvalue weighted by atomic mass is 10.2. The molecule has 0 aliphatic carbocycles. The summed E-state index contributed by atoms with van der Waals surface area (Å²) >= 11 is 5.87. The lowest BCUT2D eigenvalue weighted by Gasteiger charge is -2.27. The number of hydrogen-bond donors (Lipinski definition) is 2. The number of sulfonamides is 1. The fraction of sp³-hybridized carbons (Fsp3) is 0.500. The molecule has 0 spiro atoms. The second kappa shape index (κ2) is 11.1. The number of benzene rings is 1. The van der Waals surface area contributed by atoms with Crippen molar-refractivity contribution in [2.24, 2.45) is 0 Å². The molecule has 1 heterocycles. The summed E-state index contributed by atoms with van der Waals surface area (Å²) in [6, 6.07) is 6.27. The van der Waals surface area contributed by atoms with Crippen LogP contribution in [0.3, 0.4) is 0 Å². The largest absolute Gasteiger partial charge is 0.314 e. The van der Waals surface area contributed by atoms with E-state index in [0.717, 1.165) is 39.1 Å². The van der Waals surface area contributed by atoms with Gasteiger partial charge in [0.1, 0.15) is 11.0 Å². The molecule has 1 aliphatic rings. The third-order valence-electron chi connectivity index (χ3n) is 3.53. The van der Waals surface area contributed by atoms with Gasteiger partial charge in [-0.25, -0.2) is 13.1 Å². The first-order valence-electron chi connectivity index (χ1n) is 7.16. The lowest BCUT2D eigenvalue weighted by molar-refractivity contribution is 0.239. The average molecular weight is 416 g/mol. The molecule has 0 amide bonds. The molecule has 1 aromatic rings. The van der Waals surface area contributed by atoms with Crippen LogP contribution in [0, 0.1) is 11.3 Å². The van der Waals surface area contributed by atoms with E-state index in [1.165, 1.54) is 18.2 Å². The van der Waals surface area contributed by atoms with E-state index in [1.807, 2.05) is 6.07 Å². The molecule has 1 aliphatic heterocycles. The Kier molecular flexibility index (Phi) is 10.8. The molecule has 24 heavy (non-hydrogen) atoms. The van der Waals surface area contributed by atoms with Crippen LogP contribution in [0.2, 0.25) is 5.02 Å². The Hall–Kier alpha value is -0.590. The van der Waals surface area contributed by atoms with Crippen molar-refractivity contribution in [1.29, 1.82) is 5.26 Å². The third-order valence-corrected chi connectivity index (χ3v) is 5.35. The zero-order chi connectivity index (χ0) is 16.0. The molecule has 1 saturated heterocycles. The molecule has 0 atom stereocenters. The fourth-order valence-corrected chi connectivity index (χ4v) is 3.88. The van der Waals surface area contributed by atoms with Crippen LogP contribution in [0.1, 0.15) is 12.0 Å². The maximum absolute atomic E-state index is 12.3. The standard InChI is InChI=1S/C14H19ClN4O2S.2ClH/c15-13-3-1-4-14(12(13)11-16)22(20,21)18-5-2-8-19-9-6-17-7-10-19;;/h1,3-4,17-18H,2,5-10H2;2*1H. The summed E-state index contributed by atoms with van der Waals surface area (Å²) in [5.41, 5.74) is -0.0150. The second-order valence-corrected chi connectivity index (χ2v) is 7.21. The highest BCUT2D eigenvalue weighted by Crippen LogP contribution is 2.22. The number of nitriles is 1. The van der Waals surface area contributed by atoms with Crippen molar-refractivity contribution in [2.45, 2.75) is 11.3 Å². The minimum atomic E-state index is -3.72. The number of rotatable bonds is 6. The number of nitrogens with zero attached hydrogens (tertiary/aromatic N) is 2. The molecule has 6 nitrogen and oxygen atoms in total. The monoisotopic (exact) mass is 414 g/mol. The smallest absolute Gasteiger partial charge is 0.241 e. The Labute approximate surface area is 160 Å². The third kappa shape index (κ3) is 6.37. The van der Waals surface area contributed by atoms with Crippen molar-refractivity contribution < 1.29 is 8.42 Å². The highest BCUT2D eigenvalue weighted by atomic mass is 35.5. The van der Waals surface area contributed by atoms with Crippen molar-refractivity contribution in [3.8, 4) is 6.07 Å². The topological polar surface area (TPSA) is 85.2 Å². The number of halogens is 3. The second-order valence-electron chi connectivity index (χ2n) is 5.07. The Morgan fingerprint density at radius 3 is 2.58 bits per heavy atom. The molecule has 1 fully saturated rings. The van der Waals surface area contributed by atoms with E-state index in [-0.39, 0.29) is 40.3 Å². The van der Waals surface area contributed by atoms with E-state index < -0.39 is 10.0 Å². The van der Waals surface area contributed by atoms with Crippen molar-refractivity contribution >= 4 is 46.4 Å². The molecule has 0 radical (unpaired) electrons. The van der Waals surface area contributed by atoms with E-state index in [4.69, 9.17) is 16.9 Å². The van der Waals surface area contributed by atoms with Crippen LogP contribution in [0.5, 0.6) is 0 Å². The molecule has 136 valence electrons. The van der Waals surface area contributed by atoms with Crippen LogP contribution in [-0.2, 0) is 10.0 Å². The minimum absolute atomic E-state index is 0. The highest BCUT2D eigenvalue weighted by Gasteiger charge is 2.20. The Morgan fingerprint density at radius 2 is 1.96 bits per heavy atom. The molecule has 1 aromatic carbocycles. The van der Waals surface area contributed by atoms with E-state index in [9.17, 15) is 8.42 Å². The van der Waals surface area contributed by atoms with Crippen LogP contribution in [-0.4, -0.2) is 52.6 Å². The van der Waals surface area contributed by atoms with E-state index in [0.29, 0.717) is 6.54 Å². The lowest BCUT2D eigenvalue weighted by Crippen LogP contribution is -2.44. The molecule has 2 rings (SSSR count). The Morgan fingerprint density at radius 1 is 1.29 bits per heavy atom. The predicted octanol–water partition coefficient (Wildman–Crippen LogP) is 1.63. The van der Waals surface area contributed by atoms with Gasteiger partial charge in [-0.05, 0) is 25.1 Å². The molecule has 10 heteroatoms. The van der Waals surface area contributed by atoms with Gasteiger partial charge in [-0.1, -0.05) is 17.7 Å². The van der Waals surface area contributed by atoms with Crippen molar-refractivity contribution in [1.82, 2.24) is 14.9 Å². The molecule has 0 bridgehead atoms. The van der Waals surface area contributed by atoms with Crippen LogP contribution in [0.4, 0.5) is 0 Å². The van der Waals surface area contributed by atoms with Gasteiger partial charge in [0.2, 0.25) is 10.0 Å². The summed E-state index contributed by atoms with van der Waals surface area (Å²) in [5, 5.41) is 12.5. The maximum Gasteiger partial charge on any atom is 0.241 e. The first kappa shape index (κ1) is 23.4. The molecule has 0 aromatic heterocycles. The average Bonchev–Trinajstić information content (AvgIpc) is 2.52. The molecule has 0 saturated carbocycles. The van der Waals surface area contributed by atoms with Gasteiger partial charge in [0, 0.05) is 32.7 Å². The molecular formula is C14H21Cl3N4O2S. The summed E-state index contributed by atoms with van der Waals surface area (Å²) < 4.78 is 27.1. The summed E-state index contributed by atoms with van der Waals surface area (Å²) in [6.45, 7) is 5.10. The van der Waals surface area contributed by atoms with Gasteiger partial charge in [-0.2, -0.15) is 5.26 Å². The number of nitrogens with one attached hydrogen (secondary N) is 2. The SMILES string of the molecule is Cl.Cl.N#Cc1c(Cl)cccc1S(=O)(=O)NCCCN1CCNCC1. The number of hydrogen-bond acceptors (Lipinski definition) is 5. The highest BCUT2D eigenvalue weighted by molar-refractivity contribution is 7.89.